The van der Waals surface area contributed by atoms with Gasteiger partial charge in [-0.1, -0.05) is 29.8 Å². The van der Waals surface area contributed by atoms with Crippen LogP contribution in [0.5, 0.6) is 5.75 Å². The van der Waals surface area contributed by atoms with Crippen LogP contribution in [0.4, 0.5) is 14.9 Å². The van der Waals surface area contributed by atoms with Crippen molar-refractivity contribution in [2.45, 2.75) is 57.6 Å². The molecule has 38 heavy (non-hydrogen) atoms. The van der Waals surface area contributed by atoms with E-state index in [9.17, 15) is 9.18 Å². The van der Waals surface area contributed by atoms with Gasteiger partial charge in [0.15, 0.2) is 0 Å². The smallest absolute Gasteiger partial charge is 0.415 e. The third kappa shape index (κ3) is 5.02. The van der Waals surface area contributed by atoms with Gasteiger partial charge in [0.25, 0.3) is 0 Å². The first-order valence-electron chi connectivity index (χ1n) is 13.8. The summed E-state index contributed by atoms with van der Waals surface area (Å²) in [4.78, 5) is 17.0. The average Bonchev–Trinajstić information content (AvgIpc) is 3.71. The molecule has 1 spiro atoms. The zero-order valence-electron chi connectivity index (χ0n) is 22.2. The van der Waals surface area contributed by atoms with Crippen LogP contribution in [0.3, 0.4) is 0 Å². The largest absolute Gasteiger partial charge is 0.494 e. The minimum atomic E-state index is -0.424. The van der Waals surface area contributed by atoms with Gasteiger partial charge in [0.05, 0.1) is 13.2 Å². The standard InChI is InChI=1S/C32H35FN2O3/c1-3-37-30-19-29(24-8-10-26(33)11-9-24)28(23-6-7-23)18-25(30)20-34-16-14-32(15-17-34)21-35(31(36)38-32)27-12-4-22(2)5-13-27/h4-5,8-13,18-19,23H,3,6-7,14-17,20-21H2,1-2H3. The number of nitrogens with zero attached hydrogens (tertiary/aromatic N) is 2. The van der Waals surface area contributed by atoms with Gasteiger partial charge in [-0.25, -0.2) is 9.18 Å². The summed E-state index contributed by atoms with van der Waals surface area (Å²) in [6, 6.07) is 19.3. The lowest BCUT2D eigenvalue weighted by Crippen LogP contribution is -2.46. The molecular formula is C32H35FN2O3. The Kier molecular flexibility index (Phi) is 6.60. The Balaban J connectivity index is 1.18. The molecule has 3 aromatic carbocycles. The third-order valence-corrected chi connectivity index (χ3v) is 8.18. The highest BCUT2D eigenvalue weighted by Gasteiger charge is 2.47. The summed E-state index contributed by atoms with van der Waals surface area (Å²) >= 11 is 0. The molecule has 3 aliphatic rings. The van der Waals surface area contributed by atoms with Gasteiger partial charge < -0.3 is 9.47 Å². The Morgan fingerprint density at radius 2 is 1.74 bits per heavy atom. The number of amides is 1. The van der Waals surface area contributed by atoms with E-state index in [1.807, 2.05) is 50.2 Å². The van der Waals surface area contributed by atoms with Gasteiger partial charge >= 0.3 is 6.09 Å². The number of rotatable bonds is 7. The highest BCUT2D eigenvalue weighted by atomic mass is 19.1. The van der Waals surface area contributed by atoms with Crippen LogP contribution in [0.2, 0.25) is 0 Å². The highest BCUT2D eigenvalue weighted by Crippen LogP contribution is 2.47. The normalized spacial score (nSPS) is 19.1. The number of benzene rings is 3. The topological polar surface area (TPSA) is 42.0 Å². The van der Waals surface area contributed by atoms with E-state index < -0.39 is 5.60 Å². The van der Waals surface area contributed by atoms with E-state index in [2.05, 4.69) is 17.0 Å². The number of hydrogen-bond acceptors (Lipinski definition) is 4. The summed E-state index contributed by atoms with van der Waals surface area (Å²) in [6.45, 7) is 7.76. The predicted octanol–water partition coefficient (Wildman–Crippen LogP) is 7.07. The van der Waals surface area contributed by atoms with Crippen LogP contribution < -0.4 is 9.64 Å². The number of piperidine rings is 1. The molecule has 0 radical (unpaired) electrons. The van der Waals surface area contributed by atoms with Crippen molar-refractivity contribution < 1.29 is 18.7 Å². The molecule has 3 aromatic rings. The van der Waals surface area contributed by atoms with Gasteiger partial charge in [0, 0.05) is 43.7 Å². The van der Waals surface area contributed by atoms with Crippen LogP contribution in [0, 0.1) is 12.7 Å². The number of hydrogen-bond donors (Lipinski definition) is 0. The molecule has 2 aliphatic heterocycles. The molecule has 5 nitrogen and oxygen atoms in total. The van der Waals surface area contributed by atoms with Crippen LogP contribution in [0.15, 0.2) is 60.7 Å². The molecule has 6 rings (SSSR count). The molecule has 1 saturated carbocycles. The van der Waals surface area contributed by atoms with Crippen molar-refractivity contribution in [1.29, 1.82) is 0 Å². The SMILES string of the molecule is CCOc1cc(-c2ccc(F)cc2)c(C2CC2)cc1CN1CCC2(CC1)CN(c1ccc(C)cc1)C(=O)O2. The number of carbonyl (C=O) groups excluding carboxylic acids is 1. The lowest BCUT2D eigenvalue weighted by molar-refractivity contribution is -0.00111. The maximum Gasteiger partial charge on any atom is 0.415 e. The Morgan fingerprint density at radius 1 is 1.03 bits per heavy atom. The summed E-state index contributed by atoms with van der Waals surface area (Å²) in [5, 5.41) is 0. The van der Waals surface area contributed by atoms with E-state index in [0.717, 1.165) is 55.0 Å². The Bertz CT molecular complexity index is 1310. The van der Waals surface area contributed by atoms with Gasteiger partial charge in [-0.3, -0.25) is 9.80 Å². The minimum Gasteiger partial charge on any atom is -0.494 e. The molecular weight excluding hydrogens is 479 g/mol. The van der Waals surface area contributed by atoms with Crippen LogP contribution in [-0.2, 0) is 11.3 Å². The van der Waals surface area contributed by atoms with Gasteiger partial charge in [-0.15, -0.1) is 0 Å². The molecule has 6 heteroatoms. The quantitative estimate of drug-likeness (QED) is 0.338. The van der Waals surface area contributed by atoms with Crippen LogP contribution in [0.25, 0.3) is 11.1 Å². The number of carbonyl (C=O) groups is 1. The van der Waals surface area contributed by atoms with Crippen LogP contribution in [-0.4, -0.2) is 42.8 Å². The second kappa shape index (κ2) is 10.1. The van der Waals surface area contributed by atoms with E-state index in [1.54, 1.807) is 4.90 Å². The molecule has 2 heterocycles. The van der Waals surface area contributed by atoms with E-state index >= 15 is 0 Å². The van der Waals surface area contributed by atoms with Crippen molar-refractivity contribution >= 4 is 11.8 Å². The summed E-state index contributed by atoms with van der Waals surface area (Å²) in [5.41, 5.74) is 6.35. The summed E-state index contributed by atoms with van der Waals surface area (Å²) in [7, 11) is 0. The average molecular weight is 515 g/mol. The molecule has 1 aliphatic carbocycles. The molecule has 0 aromatic heterocycles. The molecule has 2 saturated heterocycles. The second-order valence-corrected chi connectivity index (χ2v) is 11.0. The van der Waals surface area contributed by atoms with Gasteiger partial charge in [-0.05, 0) is 85.7 Å². The molecule has 3 fully saturated rings. The fourth-order valence-corrected chi connectivity index (χ4v) is 5.84. The number of anilines is 1. The van der Waals surface area contributed by atoms with Gasteiger partial charge in [-0.2, -0.15) is 0 Å². The summed E-state index contributed by atoms with van der Waals surface area (Å²) < 4.78 is 25.7. The molecule has 1 amide bonds. The molecule has 0 N–H and O–H groups in total. The molecule has 0 unspecified atom stereocenters. The fourth-order valence-electron chi connectivity index (χ4n) is 5.84. The number of aryl methyl sites for hydroxylation is 1. The van der Waals surface area contributed by atoms with Crippen molar-refractivity contribution in [2.24, 2.45) is 0 Å². The van der Waals surface area contributed by atoms with Crippen molar-refractivity contribution in [1.82, 2.24) is 4.90 Å². The Morgan fingerprint density at radius 3 is 2.39 bits per heavy atom. The minimum absolute atomic E-state index is 0.221. The van der Waals surface area contributed by atoms with Crippen LogP contribution in [0.1, 0.15) is 55.2 Å². The number of ether oxygens (including phenoxy) is 2. The number of likely N-dealkylation sites (tertiary alicyclic amines) is 1. The fraction of sp³-hybridized carbons (Fsp3) is 0.406. The van der Waals surface area contributed by atoms with Gasteiger partial charge in [0.1, 0.15) is 17.2 Å². The number of halogens is 1. The van der Waals surface area contributed by atoms with E-state index in [0.29, 0.717) is 19.1 Å². The lowest BCUT2D eigenvalue weighted by atomic mass is 9.90. The van der Waals surface area contributed by atoms with Crippen molar-refractivity contribution in [3.05, 3.63) is 83.2 Å². The monoisotopic (exact) mass is 514 g/mol. The summed E-state index contributed by atoms with van der Waals surface area (Å²) in [6.07, 6.45) is 3.77. The Hall–Kier alpha value is -3.38. The predicted molar refractivity (Wildman–Crippen MR) is 147 cm³/mol. The first-order valence-corrected chi connectivity index (χ1v) is 13.8. The van der Waals surface area contributed by atoms with E-state index in [1.165, 1.54) is 41.7 Å². The molecule has 0 bridgehead atoms. The highest BCUT2D eigenvalue weighted by molar-refractivity contribution is 5.90. The van der Waals surface area contributed by atoms with Gasteiger partial charge in [0.2, 0.25) is 0 Å². The maximum atomic E-state index is 13.6. The van der Waals surface area contributed by atoms with Crippen molar-refractivity contribution in [3.8, 4) is 16.9 Å². The maximum absolute atomic E-state index is 13.6. The zero-order chi connectivity index (χ0) is 26.3. The van der Waals surface area contributed by atoms with E-state index in [-0.39, 0.29) is 11.9 Å². The summed E-state index contributed by atoms with van der Waals surface area (Å²) in [5.74, 6) is 1.23. The van der Waals surface area contributed by atoms with Crippen LogP contribution >= 0.6 is 0 Å². The van der Waals surface area contributed by atoms with Crippen molar-refractivity contribution in [2.75, 3.05) is 31.1 Å². The first kappa shape index (κ1) is 24.9. The first-order chi connectivity index (χ1) is 18.4. The zero-order valence-corrected chi connectivity index (χ0v) is 22.2. The Labute approximate surface area is 224 Å². The van der Waals surface area contributed by atoms with E-state index in [4.69, 9.17) is 9.47 Å². The van der Waals surface area contributed by atoms with Crippen molar-refractivity contribution in [3.63, 3.8) is 0 Å². The third-order valence-electron chi connectivity index (χ3n) is 8.18. The molecule has 198 valence electrons. The second-order valence-electron chi connectivity index (χ2n) is 11.0. The lowest BCUT2D eigenvalue weighted by Gasteiger charge is -2.37. The molecule has 0 atom stereocenters.